The summed E-state index contributed by atoms with van der Waals surface area (Å²) in [5.74, 6) is 0.585. The van der Waals surface area contributed by atoms with Gasteiger partial charge in [0.25, 0.3) is 5.91 Å². The van der Waals surface area contributed by atoms with Crippen LogP contribution in [-0.4, -0.2) is 58.5 Å². The Morgan fingerprint density at radius 1 is 1.15 bits per heavy atom. The molecular weight excluding hydrogens is 416 g/mol. The van der Waals surface area contributed by atoms with Crippen molar-refractivity contribution in [1.82, 2.24) is 19.8 Å². The fraction of sp³-hybridized carbons (Fsp3) is 0.423. The maximum absolute atomic E-state index is 13.7. The number of rotatable bonds is 2. The molecule has 7 heteroatoms. The Morgan fingerprint density at radius 2 is 1.94 bits per heavy atom. The quantitative estimate of drug-likeness (QED) is 0.634. The Balaban J connectivity index is 1.51. The molecule has 172 valence electrons. The van der Waals surface area contributed by atoms with Crippen LogP contribution in [0.25, 0.3) is 11.0 Å². The molecule has 1 aromatic heterocycles. The number of fused-ring (bicyclic) bond motifs is 5. The molecule has 2 bridgehead atoms. The maximum Gasteiger partial charge on any atom is 0.414 e. The molecule has 2 amide bonds. The second-order valence-electron chi connectivity index (χ2n) is 10.2. The van der Waals surface area contributed by atoms with E-state index in [1.54, 1.807) is 20.4 Å². The lowest BCUT2D eigenvalue weighted by molar-refractivity contribution is -0.0262. The monoisotopic (exact) mass is 446 g/mol. The summed E-state index contributed by atoms with van der Waals surface area (Å²) in [5, 5.41) is 0. The summed E-state index contributed by atoms with van der Waals surface area (Å²) in [6.07, 6.45) is 2.85. The number of nitrogens with one attached hydrogen (secondary N) is 1. The first-order valence-corrected chi connectivity index (χ1v) is 11.4. The van der Waals surface area contributed by atoms with Crippen LogP contribution in [0.5, 0.6) is 5.75 Å². The fourth-order valence-corrected chi connectivity index (χ4v) is 5.65. The average Bonchev–Trinajstić information content (AvgIpc) is 3.23. The van der Waals surface area contributed by atoms with Crippen molar-refractivity contribution in [1.29, 1.82) is 0 Å². The molecule has 7 nitrogen and oxygen atoms in total. The molecule has 2 heterocycles. The second kappa shape index (κ2) is 7.33. The molecule has 2 atom stereocenters. The fourth-order valence-electron chi connectivity index (χ4n) is 5.65. The minimum absolute atomic E-state index is 0.0357. The number of amides is 2. The maximum atomic E-state index is 13.7. The van der Waals surface area contributed by atoms with Gasteiger partial charge in [-0.05, 0) is 59.7 Å². The van der Waals surface area contributed by atoms with Crippen molar-refractivity contribution in [2.24, 2.45) is 5.41 Å². The van der Waals surface area contributed by atoms with Gasteiger partial charge in [-0.3, -0.25) is 4.79 Å². The molecule has 1 N–H and O–H groups in total. The summed E-state index contributed by atoms with van der Waals surface area (Å²) < 4.78 is 5.52. The smallest absolute Gasteiger partial charge is 0.410 e. The van der Waals surface area contributed by atoms with Crippen molar-refractivity contribution < 1.29 is 14.3 Å². The third kappa shape index (κ3) is 3.21. The summed E-state index contributed by atoms with van der Waals surface area (Å²) in [6, 6.07) is 11.6. The highest BCUT2D eigenvalue weighted by Crippen LogP contribution is 2.56. The van der Waals surface area contributed by atoms with Crippen molar-refractivity contribution in [3.8, 4) is 5.75 Å². The normalized spacial score (nSPS) is 23.2. The average molecular weight is 447 g/mol. The van der Waals surface area contributed by atoms with E-state index in [-0.39, 0.29) is 22.8 Å². The molecule has 3 aromatic rings. The molecule has 1 fully saturated rings. The summed E-state index contributed by atoms with van der Waals surface area (Å²) in [7, 11) is 3.33. The molecule has 0 radical (unpaired) electrons. The number of hydrogen-bond acceptors (Lipinski definition) is 4. The Labute approximate surface area is 193 Å². The molecule has 2 aliphatic rings. The number of aromatic nitrogens is 2. The van der Waals surface area contributed by atoms with E-state index in [4.69, 9.17) is 4.74 Å². The molecule has 2 aromatic carbocycles. The number of carbonyl (C=O) groups is 2. The highest BCUT2D eigenvalue weighted by atomic mass is 16.6. The summed E-state index contributed by atoms with van der Waals surface area (Å²) in [5.41, 5.74) is 4.62. The van der Waals surface area contributed by atoms with Crippen LogP contribution in [-0.2, 0) is 11.8 Å². The number of carbonyl (C=O) groups excluding carboxylic acids is 2. The lowest BCUT2D eigenvalue weighted by Crippen LogP contribution is -2.64. The van der Waals surface area contributed by atoms with Crippen LogP contribution in [0.3, 0.4) is 0 Å². The summed E-state index contributed by atoms with van der Waals surface area (Å²) in [6.45, 7) is 7.57. The van der Waals surface area contributed by atoms with E-state index in [2.05, 4.69) is 36.8 Å². The Kier molecular flexibility index (Phi) is 4.78. The number of H-pyrrole nitrogens is 1. The Morgan fingerprint density at radius 3 is 2.70 bits per heavy atom. The highest BCUT2D eigenvalue weighted by Gasteiger charge is 2.56. The van der Waals surface area contributed by atoms with Crippen LogP contribution in [0, 0.1) is 5.41 Å². The van der Waals surface area contributed by atoms with E-state index in [9.17, 15) is 9.59 Å². The van der Waals surface area contributed by atoms with Gasteiger partial charge in [0.15, 0.2) is 0 Å². The second-order valence-corrected chi connectivity index (χ2v) is 10.2. The van der Waals surface area contributed by atoms with Crippen LogP contribution in [0.1, 0.15) is 48.7 Å². The van der Waals surface area contributed by atoms with Gasteiger partial charge < -0.3 is 19.5 Å². The predicted octanol–water partition coefficient (Wildman–Crippen LogP) is 4.38. The third-order valence-corrected chi connectivity index (χ3v) is 8.07. The lowest BCUT2D eigenvalue weighted by Gasteiger charge is -2.60. The number of imidazole rings is 1. The van der Waals surface area contributed by atoms with Gasteiger partial charge in [-0.1, -0.05) is 26.8 Å². The molecular formula is C26H30N4O3. The minimum Gasteiger partial charge on any atom is -0.410 e. The zero-order valence-corrected chi connectivity index (χ0v) is 19.8. The van der Waals surface area contributed by atoms with E-state index in [1.807, 2.05) is 35.2 Å². The minimum atomic E-state index is -0.400. The molecule has 2 unspecified atom stereocenters. The van der Waals surface area contributed by atoms with E-state index in [0.717, 1.165) is 29.4 Å². The summed E-state index contributed by atoms with van der Waals surface area (Å²) in [4.78, 5) is 36.5. The molecule has 1 aliphatic carbocycles. The molecule has 0 spiro atoms. The van der Waals surface area contributed by atoms with Crippen molar-refractivity contribution in [3.05, 3.63) is 59.4 Å². The third-order valence-electron chi connectivity index (χ3n) is 8.07. The van der Waals surface area contributed by atoms with Crippen molar-refractivity contribution in [2.75, 3.05) is 20.6 Å². The molecule has 1 saturated heterocycles. The number of ether oxygens (including phenoxy) is 1. The zero-order chi connectivity index (χ0) is 23.5. The van der Waals surface area contributed by atoms with E-state index >= 15 is 0 Å². The Bertz CT molecular complexity index is 1260. The van der Waals surface area contributed by atoms with Crippen molar-refractivity contribution in [2.45, 2.75) is 45.1 Å². The molecule has 1 aliphatic heterocycles. The van der Waals surface area contributed by atoms with Gasteiger partial charge in [-0.25, -0.2) is 9.78 Å². The first-order chi connectivity index (χ1) is 15.6. The highest BCUT2D eigenvalue weighted by molar-refractivity contribution is 5.97. The van der Waals surface area contributed by atoms with Crippen LogP contribution < -0.4 is 4.74 Å². The van der Waals surface area contributed by atoms with Crippen LogP contribution in [0.15, 0.2) is 42.7 Å². The number of aromatic amines is 1. The Hall–Kier alpha value is -3.35. The van der Waals surface area contributed by atoms with Gasteiger partial charge in [-0.15, -0.1) is 0 Å². The number of hydrogen-bond donors (Lipinski definition) is 1. The SMILES string of the molecule is CN(C)C(=O)Oc1ccc2c(c1)CC1N(C(=O)c3ccc4nc[nH]c4c3)CCC2(C)C1(C)C. The van der Waals surface area contributed by atoms with Gasteiger partial charge in [0.1, 0.15) is 5.75 Å². The zero-order valence-electron chi connectivity index (χ0n) is 19.8. The number of likely N-dealkylation sites (tertiary alicyclic amines) is 1. The van der Waals surface area contributed by atoms with Crippen molar-refractivity contribution in [3.63, 3.8) is 0 Å². The van der Waals surface area contributed by atoms with Crippen LogP contribution >= 0.6 is 0 Å². The number of piperidine rings is 1. The van der Waals surface area contributed by atoms with Gasteiger partial charge in [0.05, 0.1) is 17.4 Å². The van der Waals surface area contributed by atoms with Gasteiger partial charge >= 0.3 is 6.09 Å². The topological polar surface area (TPSA) is 78.5 Å². The van der Waals surface area contributed by atoms with Crippen LogP contribution in [0.4, 0.5) is 4.79 Å². The van der Waals surface area contributed by atoms with Crippen LogP contribution in [0.2, 0.25) is 0 Å². The van der Waals surface area contributed by atoms with Gasteiger partial charge in [0, 0.05) is 37.7 Å². The molecule has 5 rings (SSSR count). The standard InChI is InChI=1S/C26H30N4O3/c1-25(2)22-14-17-12-18(33-24(32)29(4)5)7-8-19(17)26(25,3)10-11-30(22)23(31)16-6-9-20-21(13-16)28-15-27-20/h6-9,12-13,15,22H,10-11,14H2,1-5H3,(H,27,28). The first kappa shape index (κ1) is 21.5. The summed E-state index contributed by atoms with van der Waals surface area (Å²) >= 11 is 0. The lowest BCUT2D eigenvalue weighted by atomic mass is 9.51. The van der Waals surface area contributed by atoms with Gasteiger partial charge in [-0.2, -0.15) is 0 Å². The number of benzene rings is 2. The predicted molar refractivity (Wildman–Crippen MR) is 127 cm³/mol. The van der Waals surface area contributed by atoms with E-state index < -0.39 is 6.09 Å². The van der Waals surface area contributed by atoms with Crippen molar-refractivity contribution >= 4 is 23.0 Å². The van der Waals surface area contributed by atoms with E-state index in [1.165, 1.54) is 10.5 Å². The van der Waals surface area contributed by atoms with Gasteiger partial charge in [0.2, 0.25) is 0 Å². The largest absolute Gasteiger partial charge is 0.414 e. The molecule has 0 saturated carbocycles. The van der Waals surface area contributed by atoms with E-state index in [0.29, 0.717) is 17.9 Å². The first-order valence-electron chi connectivity index (χ1n) is 11.4. The number of nitrogens with zero attached hydrogens (tertiary/aromatic N) is 3. The molecule has 33 heavy (non-hydrogen) atoms.